The molecule has 1 aliphatic heterocycles. The van der Waals surface area contributed by atoms with Gasteiger partial charge in [0.05, 0.1) is 10.6 Å². The van der Waals surface area contributed by atoms with Gasteiger partial charge in [0.2, 0.25) is 0 Å². The molecular formula is C14H17BrClNO2S. The molecule has 110 valence electrons. The molecule has 0 saturated carbocycles. The van der Waals surface area contributed by atoms with Gasteiger partial charge in [0.25, 0.3) is 5.91 Å². The molecule has 0 radical (unpaired) electrons. The van der Waals surface area contributed by atoms with Crippen LogP contribution in [0.15, 0.2) is 22.7 Å². The van der Waals surface area contributed by atoms with E-state index in [0.29, 0.717) is 22.4 Å². The zero-order valence-corrected chi connectivity index (χ0v) is 14.2. The van der Waals surface area contributed by atoms with Crippen LogP contribution in [0.5, 0.6) is 0 Å². The molecule has 1 fully saturated rings. The molecule has 0 aliphatic carbocycles. The van der Waals surface area contributed by atoms with Crippen LogP contribution in [0.3, 0.4) is 0 Å². The van der Waals surface area contributed by atoms with E-state index in [1.807, 2.05) is 17.8 Å². The Morgan fingerprint density at radius 2 is 2.20 bits per heavy atom. The number of benzene rings is 1. The Labute approximate surface area is 136 Å². The maximum atomic E-state index is 12.0. The van der Waals surface area contributed by atoms with Crippen molar-refractivity contribution < 1.29 is 9.53 Å². The highest BCUT2D eigenvalue weighted by Gasteiger charge is 2.14. The summed E-state index contributed by atoms with van der Waals surface area (Å²) in [7, 11) is 0. The fourth-order valence-corrected chi connectivity index (χ4v) is 3.64. The van der Waals surface area contributed by atoms with Gasteiger partial charge in [0.15, 0.2) is 0 Å². The third kappa shape index (κ3) is 4.95. The van der Waals surface area contributed by atoms with Crippen molar-refractivity contribution in [2.75, 3.05) is 25.5 Å². The molecule has 20 heavy (non-hydrogen) atoms. The van der Waals surface area contributed by atoms with Crippen LogP contribution in [-0.2, 0) is 4.74 Å². The highest BCUT2D eigenvalue weighted by molar-refractivity contribution is 9.10. The first-order chi connectivity index (χ1) is 9.66. The smallest absolute Gasteiger partial charge is 0.252 e. The molecule has 0 bridgehead atoms. The largest absolute Gasteiger partial charge is 0.381 e. The first-order valence-corrected chi connectivity index (χ1v) is 8.81. The standard InChI is InChI=1S/C14H17BrClNO2S/c15-10-1-2-13(16)12(9-10)14(18)17-5-8-20-11-3-6-19-7-4-11/h1-2,9,11H,3-8H2,(H,17,18). The predicted octanol–water partition coefficient (Wildman–Crippen LogP) is 3.74. The molecule has 0 unspecified atom stereocenters. The highest BCUT2D eigenvalue weighted by atomic mass is 79.9. The second-order valence-electron chi connectivity index (χ2n) is 4.56. The summed E-state index contributed by atoms with van der Waals surface area (Å²) >= 11 is 11.3. The van der Waals surface area contributed by atoms with Gasteiger partial charge in [0.1, 0.15) is 0 Å². The minimum absolute atomic E-state index is 0.121. The first-order valence-electron chi connectivity index (χ1n) is 6.59. The molecule has 0 aromatic heterocycles. The monoisotopic (exact) mass is 377 g/mol. The molecule has 0 spiro atoms. The summed E-state index contributed by atoms with van der Waals surface area (Å²) in [5.74, 6) is 0.797. The summed E-state index contributed by atoms with van der Waals surface area (Å²) in [6, 6.07) is 5.28. The number of halogens is 2. The fraction of sp³-hybridized carbons (Fsp3) is 0.500. The Bertz CT molecular complexity index is 466. The maximum absolute atomic E-state index is 12.0. The zero-order chi connectivity index (χ0) is 14.4. The second-order valence-corrected chi connectivity index (χ2v) is 7.29. The van der Waals surface area contributed by atoms with Gasteiger partial charge in [-0.15, -0.1) is 0 Å². The van der Waals surface area contributed by atoms with Gasteiger partial charge in [-0.2, -0.15) is 11.8 Å². The third-order valence-electron chi connectivity index (χ3n) is 3.08. The van der Waals surface area contributed by atoms with Gasteiger partial charge in [-0.1, -0.05) is 27.5 Å². The van der Waals surface area contributed by atoms with Crippen LogP contribution in [0.1, 0.15) is 23.2 Å². The van der Waals surface area contributed by atoms with E-state index in [1.165, 1.54) is 0 Å². The number of hydrogen-bond donors (Lipinski definition) is 1. The van der Waals surface area contributed by atoms with E-state index in [4.69, 9.17) is 16.3 Å². The van der Waals surface area contributed by atoms with Crippen molar-refractivity contribution in [1.82, 2.24) is 5.32 Å². The quantitative estimate of drug-likeness (QED) is 0.793. The summed E-state index contributed by atoms with van der Waals surface area (Å²) in [5, 5.41) is 4.05. The zero-order valence-electron chi connectivity index (χ0n) is 11.0. The topological polar surface area (TPSA) is 38.3 Å². The van der Waals surface area contributed by atoms with Gasteiger partial charge in [-0.05, 0) is 31.0 Å². The molecule has 1 heterocycles. The van der Waals surface area contributed by atoms with E-state index in [0.717, 1.165) is 36.3 Å². The van der Waals surface area contributed by atoms with E-state index >= 15 is 0 Å². The normalized spacial score (nSPS) is 16.1. The molecule has 1 aromatic rings. The summed E-state index contributed by atoms with van der Waals surface area (Å²) in [5.41, 5.74) is 0.511. The summed E-state index contributed by atoms with van der Waals surface area (Å²) in [6.07, 6.45) is 2.21. The van der Waals surface area contributed by atoms with E-state index in [1.54, 1.807) is 12.1 Å². The van der Waals surface area contributed by atoms with Crippen molar-refractivity contribution in [3.05, 3.63) is 33.3 Å². The lowest BCUT2D eigenvalue weighted by Crippen LogP contribution is -2.27. The summed E-state index contributed by atoms with van der Waals surface area (Å²) in [6.45, 7) is 2.37. The molecule has 1 amide bonds. The van der Waals surface area contributed by atoms with Crippen LogP contribution in [0, 0.1) is 0 Å². The van der Waals surface area contributed by atoms with Gasteiger partial charge in [-0.25, -0.2) is 0 Å². The van der Waals surface area contributed by atoms with Crippen LogP contribution < -0.4 is 5.32 Å². The number of hydrogen-bond acceptors (Lipinski definition) is 3. The van der Waals surface area contributed by atoms with Gasteiger partial charge in [-0.3, -0.25) is 4.79 Å². The Kier molecular flexibility index (Phi) is 6.68. The van der Waals surface area contributed by atoms with E-state index in [9.17, 15) is 4.79 Å². The fourth-order valence-electron chi connectivity index (χ4n) is 2.00. The number of rotatable bonds is 5. The average molecular weight is 379 g/mol. The molecule has 3 nitrogen and oxygen atoms in total. The maximum Gasteiger partial charge on any atom is 0.252 e. The Balaban J connectivity index is 1.73. The lowest BCUT2D eigenvalue weighted by molar-refractivity contribution is 0.0955. The molecule has 0 atom stereocenters. The SMILES string of the molecule is O=C(NCCSC1CCOCC1)c1cc(Br)ccc1Cl. The Hall–Kier alpha value is -0.230. The first kappa shape index (κ1) is 16.1. The van der Waals surface area contributed by atoms with Crippen molar-refractivity contribution in [2.24, 2.45) is 0 Å². The minimum atomic E-state index is -0.121. The number of carbonyl (C=O) groups excluding carboxylic acids is 1. The molecule has 1 aliphatic rings. The van der Waals surface area contributed by atoms with Crippen LogP contribution in [0.4, 0.5) is 0 Å². The molecule has 2 rings (SSSR count). The van der Waals surface area contributed by atoms with Gasteiger partial charge < -0.3 is 10.1 Å². The molecule has 1 saturated heterocycles. The van der Waals surface area contributed by atoms with Crippen molar-refractivity contribution in [1.29, 1.82) is 0 Å². The van der Waals surface area contributed by atoms with E-state index < -0.39 is 0 Å². The van der Waals surface area contributed by atoms with E-state index in [2.05, 4.69) is 21.2 Å². The van der Waals surface area contributed by atoms with Gasteiger partial charge >= 0.3 is 0 Å². The van der Waals surface area contributed by atoms with Crippen molar-refractivity contribution in [3.63, 3.8) is 0 Å². The van der Waals surface area contributed by atoms with Gasteiger partial charge in [0, 0.05) is 35.2 Å². The number of carbonyl (C=O) groups is 1. The molecule has 1 aromatic carbocycles. The molecule has 1 N–H and O–H groups in total. The number of amides is 1. The minimum Gasteiger partial charge on any atom is -0.381 e. The van der Waals surface area contributed by atoms with E-state index in [-0.39, 0.29) is 5.91 Å². The van der Waals surface area contributed by atoms with Crippen LogP contribution in [-0.4, -0.2) is 36.7 Å². The molecule has 6 heteroatoms. The van der Waals surface area contributed by atoms with Crippen molar-refractivity contribution in [3.8, 4) is 0 Å². The van der Waals surface area contributed by atoms with Crippen LogP contribution in [0.2, 0.25) is 5.02 Å². The van der Waals surface area contributed by atoms with Crippen LogP contribution >= 0.6 is 39.3 Å². The van der Waals surface area contributed by atoms with Crippen molar-refractivity contribution >= 4 is 45.2 Å². The molecular weight excluding hydrogens is 362 g/mol. The Morgan fingerprint density at radius 1 is 1.45 bits per heavy atom. The van der Waals surface area contributed by atoms with Crippen LogP contribution in [0.25, 0.3) is 0 Å². The number of ether oxygens (including phenoxy) is 1. The predicted molar refractivity (Wildman–Crippen MR) is 87.8 cm³/mol. The lowest BCUT2D eigenvalue weighted by Gasteiger charge is -2.21. The lowest BCUT2D eigenvalue weighted by atomic mass is 10.2. The highest BCUT2D eigenvalue weighted by Crippen LogP contribution is 2.22. The van der Waals surface area contributed by atoms with Crippen molar-refractivity contribution in [2.45, 2.75) is 18.1 Å². The average Bonchev–Trinajstić information content (AvgIpc) is 2.47. The summed E-state index contributed by atoms with van der Waals surface area (Å²) < 4.78 is 6.17. The third-order valence-corrected chi connectivity index (χ3v) is 5.29. The Morgan fingerprint density at radius 3 is 2.95 bits per heavy atom. The summed E-state index contributed by atoms with van der Waals surface area (Å²) in [4.78, 5) is 12.0. The second kappa shape index (κ2) is 8.27. The number of nitrogens with one attached hydrogen (secondary N) is 1. The number of thioether (sulfide) groups is 1.